The smallest absolute Gasteiger partial charge is 0.243 e. The number of hydrogen-bond acceptors (Lipinski definition) is 9. The molecule has 0 atom stereocenters. The molecule has 2 heterocycles. The normalized spacial score (nSPS) is 14.4. The summed E-state index contributed by atoms with van der Waals surface area (Å²) in [6.07, 6.45) is 0. The Bertz CT molecular complexity index is 1920. The molecule has 1 amide bonds. The molecule has 0 radical (unpaired) electrons. The Balaban J connectivity index is 1.38. The summed E-state index contributed by atoms with van der Waals surface area (Å²) >= 11 is 1.18. The second kappa shape index (κ2) is 15.1. The molecule has 0 spiro atoms. The lowest BCUT2D eigenvalue weighted by Gasteiger charge is -2.26. The molecule has 3 aromatic carbocycles. The van der Waals surface area contributed by atoms with Crippen molar-refractivity contribution in [3.63, 3.8) is 0 Å². The van der Waals surface area contributed by atoms with Gasteiger partial charge in [-0.1, -0.05) is 74.1 Å². The fourth-order valence-electron chi connectivity index (χ4n) is 5.23. The van der Waals surface area contributed by atoms with E-state index in [1.54, 1.807) is 57.2 Å². The molecule has 1 aromatic heterocycles. The fourth-order valence-corrected chi connectivity index (χ4v) is 9.14. The summed E-state index contributed by atoms with van der Waals surface area (Å²) in [5.74, 6) is 0.0877. The SMILES string of the molecule is CCN(CC)S(=O)(=O)c1cc(NC(=O)CSc2nnc(-c3cccc(S(=O)(=O)N4CCOCC4)c3)n2Cc2ccccc2)ccc1C. The molecule has 0 bridgehead atoms. The van der Waals surface area contributed by atoms with E-state index in [9.17, 15) is 21.6 Å². The molecule has 1 aliphatic rings. The van der Waals surface area contributed by atoms with Crippen LogP contribution < -0.4 is 5.32 Å². The third-order valence-electron chi connectivity index (χ3n) is 7.73. The van der Waals surface area contributed by atoms with Gasteiger partial charge in [0.25, 0.3) is 0 Å². The first-order valence-electron chi connectivity index (χ1n) is 15.2. The van der Waals surface area contributed by atoms with E-state index in [0.29, 0.717) is 60.6 Å². The highest BCUT2D eigenvalue weighted by molar-refractivity contribution is 7.99. The summed E-state index contributed by atoms with van der Waals surface area (Å²) in [7, 11) is -7.45. The number of carbonyl (C=O) groups is 1. The standard InChI is InChI=1S/C32H38N6O6S3/c1-4-36(5-2)47(42,43)29-21-27(15-14-24(29)3)33-30(39)23-45-32-35-34-31(38(32)22-25-10-7-6-8-11-25)26-12-9-13-28(20-26)46(40,41)37-16-18-44-19-17-37/h6-15,20-21H,4-5,16-19,22-23H2,1-3H3,(H,33,39). The zero-order valence-corrected chi connectivity index (χ0v) is 28.9. The Labute approximate surface area is 280 Å². The van der Waals surface area contributed by atoms with Crippen molar-refractivity contribution in [2.75, 3.05) is 50.5 Å². The van der Waals surface area contributed by atoms with Crippen molar-refractivity contribution in [1.29, 1.82) is 0 Å². The van der Waals surface area contributed by atoms with Crippen LogP contribution in [-0.4, -0.2) is 91.3 Å². The number of benzene rings is 3. The Morgan fingerprint density at radius 2 is 1.66 bits per heavy atom. The maximum atomic E-state index is 13.4. The highest BCUT2D eigenvalue weighted by Gasteiger charge is 2.28. The first-order chi connectivity index (χ1) is 22.5. The Morgan fingerprint density at radius 3 is 2.36 bits per heavy atom. The van der Waals surface area contributed by atoms with E-state index < -0.39 is 20.0 Å². The molecule has 5 rings (SSSR count). The maximum absolute atomic E-state index is 13.4. The minimum atomic E-state index is -3.73. The molecule has 15 heteroatoms. The summed E-state index contributed by atoms with van der Waals surface area (Å²) in [5, 5.41) is 12.1. The number of amides is 1. The van der Waals surface area contributed by atoms with E-state index in [0.717, 1.165) is 5.56 Å². The van der Waals surface area contributed by atoms with Gasteiger partial charge in [-0.2, -0.15) is 8.61 Å². The fraction of sp³-hybridized carbons (Fsp3) is 0.344. The lowest BCUT2D eigenvalue weighted by atomic mass is 10.2. The Morgan fingerprint density at radius 1 is 0.936 bits per heavy atom. The number of anilines is 1. The van der Waals surface area contributed by atoms with E-state index in [1.165, 1.54) is 26.4 Å². The van der Waals surface area contributed by atoms with Crippen LogP contribution in [-0.2, 0) is 36.1 Å². The number of nitrogens with zero attached hydrogens (tertiary/aromatic N) is 5. The van der Waals surface area contributed by atoms with Crippen LogP contribution in [0.5, 0.6) is 0 Å². The van der Waals surface area contributed by atoms with Crippen molar-refractivity contribution in [2.24, 2.45) is 0 Å². The van der Waals surface area contributed by atoms with Crippen LogP contribution in [0.1, 0.15) is 25.0 Å². The predicted molar refractivity (Wildman–Crippen MR) is 181 cm³/mol. The van der Waals surface area contributed by atoms with Gasteiger partial charge in [0.2, 0.25) is 26.0 Å². The van der Waals surface area contributed by atoms with Crippen LogP contribution in [0, 0.1) is 6.92 Å². The van der Waals surface area contributed by atoms with E-state index in [1.807, 2.05) is 34.9 Å². The van der Waals surface area contributed by atoms with Crippen LogP contribution in [0.25, 0.3) is 11.4 Å². The number of ether oxygens (including phenoxy) is 1. The van der Waals surface area contributed by atoms with Crippen molar-refractivity contribution in [2.45, 2.75) is 42.3 Å². The van der Waals surface area contributed by atoms with E-state index in [4.69, 9.17) is 4.74 Å². The quantitative estimate of drug-likeness (QED) is 0.204. The number of nitrogens with one attached hydrogen (secondary N) is 1. The number of rotatable bonds is 13. The number of thioether (sulfide) groups is 1. The van der Waals surface area contributed by atoms with Crippen LogP contribution >= 0.6 is 11.8 Å². The molecule has 12 nitrogen and oxygen atoms in total. The van der Waals surface area contributed by atoms with Gasteiger partial charge in [0.05, 0.1) is 35.3 Å². The first kappa shape index (κ1) is 34.7. The second-order valence-corrected chi connectivity index (χ2v) is 15.6. The van der Waals surface area contributed by atoms with E-state index >= 15 is 0 Å². The molecule has 0 unspecified atom stereocenters. The van der Waals surface area contributed by atoms with Crippen molar-refractivity contribution < 1.29 is 26.4 Å². The lowest BCUT2D eigenvalue weighted by molar-refractivity contribution is -0.113. The molecule has 47 heavy (non-hydrogen) atoms. The largest absolute Gasteiger partial charge is 0.379 e. The Kier molecular flexibility index (Phi) is 11.1. The summed E-state index contributed by atoms with van der Waals surface area (Å²) < 4.78 is 63.1. The van der Waals surface area contributed by atoms with Gasteiger partial charge in [0.15, 0.2) is 11.0 Å². The molecular weight excluding hydrogens is 661 g/mol. The molecule has 4 aromatic rings. The highest BCUT2D eigenvalue weighted by Crippen LogP contribution is 2.29. The average molecular weight is 699 g/mol. The number of sulfonamides is 2. The third-order valence-corrected chi connectivity index (χ3v) is 12.8. The molecule has 1 saturated heterocycles. The van der Waals surface area contributed by atoms with Crippen molar-refractivity contribution >= 4 is 43.4 Å². The highest BCUT2D eigenvalue weighted by atomic mass is 32.2. The van der Waals surface area contributed by atoms with Gasteiger partial charge in [-0.05, 0) is 42.3 Å². The third kappa shape index (κ3) is 7.93. The predicted octanol–water partition coefficient (Wildman–Crippen LogP) is 4.08. The van der Waals surface area contributed by atoms with Crippen LogP contribution in [0.2, 0.25) is 0 Å². The summed E-state index contributed by atoms with van der Waals surface area (Å²) in [6.45, 7) is 7.62. The van der Waals surface area contributed by atoms with Crippen molar-refractivity contribution in [1.82, 2.24) is 23.4 Å². The van der Waals surface area contributed by atoms with E-state index in [2.05, 4.69) is 15.5 Å². The first-order valence-corrected chi connectivity index (χ1v) is 19.1. The number of aryl methyl sites for hydroxylation is 1. The molecule has 0 saturated carbocycles. The van der Waals surface area contributed by atoms with Crippen LogP contribution in [0.3, 0.4) is 0 Å². The topological polar surface area (TPSA) is 144 Å². The van der Waals surface area contributed by atoms with Gasteiger partial charge < -0.3 is 10.1 Å². The molecule has 1 N–H and O–H groups in total. The number of carbonyl (C=O) groups excluding carboxylic acids is 1. The molecule has 1 fully saturated rings. The second-order valence-electron chi connectivity index (χ2n) is 10.8. The Hall–Kier alpha value is -3.60. The van der Waals surface area contributed by atoms with Gasteiger partial charge in [-0.15, -0.1) is 10.2 Å². The van der Waals surface area contributed by atoms with Crippen molar-refractivity contribution in [3.05, 3.63) is 83.9 Å². The van der Waals surface area contributed by atoms with Gasteiger partial charge in [-0.25, -0.2) is 16.8 Å². The van der Waals surface area contributed by atoms with Gasteiger partial charge in [0.1, 0.15) is 0 Å². The monoisotopic (exact) mass is 698 g/mol. The summed E-state index contributed by atoms with van der Waals surface area (Å²) in [6, 6.07) is 21.2. The minimum Gasteiger partial charge on any atom is -0.379 e. The zero-order valence-electron chi connectivity index (χ0n) is 26.5. The summed E-state index contributed by atoms with van der Waals surface area (Å²) in [4.78, 5) is 13.4. The summed E-state index contributed by atoms with van der Waals surface area (Å²) in [5.41, 5.74) is 2.50. The van der Waals surface area contributed by atoms with Crippen LogP contribution in [0.4, 0.5) is 5.69 Å². The minimum absolute atomic E-state index is 0.0234. The van der Waals surface area contributed by atoms with Gasteiger partial charge >= 0.3 is 0 Å². The molecular formula is C32H38N6O6S3. The lowest BCUT2D eigenvalue weighted by Crippen LogP contribution is -2.40. The van der Waals surface area contributed by atoms with Crippen molar-refractivity contribution in [3.8, 4) is 11.4 Å². The average Bonchev–Trinajstić information content (AvgIpc) is 3.48. The molecule has 250 valence electrons. The molecule has 0 aliphatic carbocycles. The van der Waals surface area contributed by atoms with Gasteiger partial charge in [-0.3, -0.25) is 9.36 Å². The maximum Gasteiger partial charge on any atom is 0.243 e. The van der Waals surface area contributed by atoms with Gasteiger partial charge in [0, 0.05) is 37.4 Å². The zero-order chi connectivity index (χ0) is 33.6. The molecule has 1 aliphatic heterocycles. The number of morpholine rings is 1. The number of aromatic nitrogens is 3. The van der Waals surface area contributed by atoms with E-state index in [-0.39, 0.29) is 34.5 Å². The van der Waals surface area contributed by atoms with Crippen LogP contribution in [0.15, 0.2) is 87.7 Å². The number of hydrogen-bond donors (Lipinski definition) is 1.